The number of fused-ring (bicyclic) bond motifs is 4. The van der Waals surface area contributed by atoms with Crippen LogP contribution in [0.4, 0.5) is 28.0 Å². The van der Waals surface area contributed by atoms with Gasteiger partial charge < -0.3 is 15.6 Å². The number of urea groups is 1. The highest BCUT2D eigenvalue weighted by Gasteiger charge is 2.50. The molecular weight excluding hydrogens is 574 g/mol. The summed E-state index contributed by atoms with van der Waals surface area (Å²) in [5.74, 6) is -2.01. The van der Waals surface area contributed by atoms with Crippen molar-refractivity contribution >= 4 is 51.3 Å². The Morgan fingerprint density at radius 2 is 1.88 bits per heavy atom. The minimum atomic E-state index is -2.75. The van der Waals surface area contributed by atoms with Gasteiger partial charge in [-0.1, -0.05) is 11.6 Å². The second kappa shape index (κ2) is 9.39. The molecule has 1 aromatic heterocycles. The van der Waals surface area contributed by atoms with E-state index in [1.807, 2.05) is 0 Å². The van der Waals surface area contributed by atoms with Crippen LogP contribution in [0, 0.1) is 11.6 Å². The fourth-order valence-corrected chi connectivity index (χ4v) is 7.38. The molecule has 8 nitrogen and oxygen atoms in total. The number of carbonyl (C=O) groups is 2. The molecule has 3 heterocycles. The molecule has 206 valence electrons. The van der Waals surface area contributed by atoms with Gasteiger partial charge in [0.25, 0.3) is 5.91 Å². The Labute approximate surface area is 231 Å². The summed E-state index contributed by atoms with van der Waals surface area (Å²) >= 11 is 4.28. The molecule has 14 heteroatoms. The highest BCUT2D eigenvalue weighted by atomic mass is 35.5. The number of hydrogen-bond donors (Lipinski definition) is 2. The maximum absolute atomic E-state index is 14.3. The quantitative estimate of drug-likeness (QED) is 0.261. The minimum Gasteiger partial charge on any atom is -0.609 e. The first-order chi connectivity index (χ1) is 19.0. The molecule has 0 bridgehead atoms. The van der Waals surface area contributed by atoms with Crippen LogP contribution in [-0.4, -0.2) is 32.7 Å². The van der Waals surface area contributed by atoms with Crippen LogP contribution < -0.4 is 16.0 Å². The lowest BCUT2D eigenvalue weighted by Gasteiger charge is -2.26. The van der Waals surface area contributed by atoms with Gasteiger partial charge in [0, 0.05) is 51.4 Å². The molecule has 3 aromatic carbocycles. The molecular formula is C26H18ClF4N5O3S. The minimum absolute atomic E-state index is 0.0192. The third kappa shape index (κ3) is 3.91. The van der Waals surface area contributed by atoms with Gasteiger partial charge in [0.15, 0.2) is 4.90 Å². The Morgan fingerprint density at radius 3 is 2.58 bits per heavy atom. The molecule has 0 radical (unpaired) electrons. The molecule has 0 aliphatic carbocycles. The number of hydrogen-bond acceptors (Lipinski definition) is 4. The number of aryl methyl sites for hydroxylation is 1. The van der Waals surface area contributed by atoms with E-state index in [-0.39, 0.29) is 54.5 Å². The lowest BCUT2D eigenvalue weighted by molar-refractivity contribution is 0.0961. The number of halogens is 5. The van der Waals surface area contributed by atoms with E-state index in [0.29, 0.717) is 0 Å². The monoisotopic (exact) mass is 591 g/mol. The molecule has 3 N–H and O–H groups in total. The van der Waals surface area contributed by atoms with Crippen molar-refractivity contribution in [2.75, 3.05) is 4.90 Å². The highest BCUT2D eigenvalue weighted by molar-refractivity contribution is 7.92. The average Bonchev–Trinajstić information content (AvgIpc) is 3.49. The number of anilines is 1. The fourth-order valence-electron chi connectivity index (χ4n) is 5.47. The Bertz CT molecular complexity index is 1750. The third-order valence-corrected chi connectivity index (χ3v) is 9.05. The Hall–Kier alpha value is -3.81. The van der Waals surface area contributed by atoms with Crippen molar-refractivity contribution in [1.29, 1.82) is 0 Å². The fraction of sp³-hybridized carbons (Fsp3) is 0.192. The number of primary amides is 1. The van der Waals surface area contributed by atoms with Gasteiger partial charge in [0.05, 0.1) is 23.7 Å². The van der Waals surface area contributed by atoms with Crippen LogP contribution in [0.5, 0.6) is 0 Å². The topological polar surface area (TPSA) is 116 Å². The number of amides is 3. The van der Waals surface area contributed by atoms with E-state index in [1.165, 1.54) is 29.9 Å². The second-order valence-electron chi connectivity index (χ2n) is 9.36. The van der Waals surface area contributed by atoms with Crippen LogP contribution in [0.2, 0.25) is 5.02 Å². The summed E-state index contributed by atoms with van der Waals surface area (Å²) in [5.41, 5.74) is 6.37. The maximum Gasteiger partial charge on any atom is 0.323 e. The smallest absolute Gasteiger partial charge is 0.323 e. The van der Waals surface area contributed by atoms with Gasteiger partial charge in [-0.3, -0.25) is 9.48 Å². The van der Waals surface area contributed by atoms with Crippen molar-refractivity contribution in [3.8, 4) is 0 Å². The summed E-state index contributed by atoms with van der Waals surface area (Å²) in [5, 5.41) is 5.96. The zero-order valence-corrected chi connectivity index (χ0v) is 22.0. The van der Waals surface area contributed by atoms with Crippen molar-refractivity contribution in [2.24, 2.45) is 12.8 Å². The predicted octanol–water partition coefficient (Wildman–Crippen LogP) is 4.85. The van der Waals surface area contributed by atoms with Crippen molar-refractivity contribution < 1.29 is 31.7 Å². The van der Waals surface area contributed by atoms with Crippen molar-refractivity contribution in [2.45, 2.75) is 29.2 Å². The van der Waals surface area contributed by atoms with E-state index in [2.05, 4.69) is 10.4 Å². The standard InChI is InChI=1S/C26H18ClF4N5O3S/c1-35-17(9-19(30)31)13-8-14(25-36(26(32)38)16-5-3-11(29)7-18(16)40(25)39)20-21(23(13)34-35)24(37)33-22(20)12-6-10(28)2-4-15(12)27/h2-8,19,22,25H,9H2,1H3,(H2,32,38)(H,33,37). The molecule has 0 spiro atoms. The van der Waals surface area contributed by atoms with Crippen LogP contribution >= 0.6 is 11.6 Å². The molecule has 40 heavy (non-hydrogen) atoms. The largest absolute Gasteiger partial charge is 0.609 e. The normalized spacial score (nSPS) is 19.9. The van der Waals surface area contributed by atoms with Crippen LogP contribution in [-0.2, 0) is 24.6 Å². The second-order valence-corrected chi connectivity index (χ2v) is 11.2. The average molecular weight is 592 g/mol. The zero-order chi connectivity index (χ0) is 28.6. The van der Waals surface area contributed by atoms with Crippen molar-refractivity contribution in [3.63, 3.8) is 0 Å². The Kier molecular flexibility index (Phi) is 6.20. The first-order valence-corrected chi connectivity index (χ1v) is 13.4. The summed E-state index contributed by atoms with van der Waals surface area (Å²) in [6.45, 7) is 0. The number of nitrogens with two attached hydrogens (primary N) is 1. The Balaban J connectivity index is 1.69. The first-order valence-electron chi connectivity index (χ1n) is 11.8. The molecule has 4 aromatic rings. The Morgan fingerprint density at radius 1 is 1.18 bits per heavy atom. The summed E-state index contributed by atoms with van der Waals surface area (Å²) < 4.78 is 70.7. The van der Waals surface area contributed by atoms with E-state index in [4.69, 9.17) is 17.3 Å². The van der Waals surface area contributed by atoms with E-state index < -0.39 is 59.0 Å². The highest BCUT2D eigenvalue weighted by Crippen LogP contribution is 2.51. The van der Waals surface area contributed by atoms with Crippen molar-refractivity contribution in [3.05, 3.63) is 87.1 Å². The third-order valence-electron chi connectivity index (χ3n) is 7.07. The molecule has 3 atom stereocenters. The number of rotatable bonds is 4. The molecule has 2 aliphatic rings. The van der Waals surface area contributed by atoms with Crippen LogP contribution in [0.1, 0.15) is 44.2 Å². The van der Waals surface area contributed by atoms with E-state index in [1.54, 1.807) is 0 Å². The number of nitrogens with zero attached hydrogens (tertiary/aromatic N) is 3. The summed E-state index contributed by atoms with van der Waals surface area (Å²) in [4.78, 5) is 27.2. The van der Waals surface area contributed by atoms with Crippen LogP contribution in [0.25, 0.3) is 10.9 Å². The van der Waals surface area contributed by atoms with Gasteiger partial charge in [-0.2, -0.15) is 5.10 Å². The first kappa shape index (κ1) is 26.4. The maximum atomic E-state index is 14.3. The zero-order valence-electron chi connectivity index (χ0n) is 20.4. The molecule has 6 rings (SSSR count). The van der Waals surface area contributed by atoms with E-state index in [0.717, 1.165) is 29.2 Å². The molecule has 0 saturated carbocycles. The van der Waals surface area contributed by atoms with Crippen molar-refractivity contribution in [1.82, 2.24) is 15.1 Å². The van der Waals surface area contributed by atoms with Gasteiger partial charge in [-0.05, 0) is 36.4 Å². The van der Waals surface area contributed by atoms with Crippen LogP contribution in [0.15, 0.2) is 47.4 Å². The number of alkyl halides is 2. The lowest BCUT2D eigenvalue weighted by atomic mass is 9.90. The van der Waals surface area contributed by atoms with E-state index >= 15 is 0 Å². The number of benzene rings is 3. The summed E-state index contributed by atoms with van der Waals surface area (Å²) in [6.07, 6.45) is -3.46. The SMILES string of the molecule is Cn1nc2c3c(c(C4N(C(N)=O)c5ccc(F)cc5[S+]4[O-])cc2c1CC(F)F)C(c1cc(F)ccc1Cl)NC3=O. The lowest BCUT2D eigenvalue weighted by Crippen LogP contribution is -2.38. The predicted molar refractivity (Wildman–Crippen MR) is 139 cm³/mol. The van der Waals surface area contributed by atoms with Gasteiger partial charge in [-0.15, -0.1) is 0 Å². The summed E-state index contributed by atoms with van der Waals surface area (Å²) in [7, 11) is 1.44. The molecule has 3 amide bonds. The number of carbonyl (C=O) groups excluding carboxylic acids is 2. The summed E-state index contributed by atoms with van der Waals surface area (Å²) in [6, 6.07) is 6.22. The van der Waals surface area contributed by atoms with Gasteiger partial charge in [0.1, 0.15) is 22.8 Å². The van der Waals surface area contributed by atoms with Crippen LogP contribution in [0.3, 0.4) is 0 Å². The molecule has 3 unspecified atom stereocenters. The number of aromatic nitrogens is 2. The number of nitrogens with one attached hydrogen (secondary N) is 1. The van der Waals surface area contributed by atoms with Gasteiger partial charge in [0.2, 0.25) is 11.8 Å². The molecule has 0 saturated heterocycles. The molecule has 2 aliphatic heterocycles. The van der Waals surface area contributed by atoms with Gasteiger partial charge >= 0.3 is 6.03 Å². The van der Waals surface area contributed by atoms with E-state index in [9.17, 15) is 31.7 Å². The molecule has 0 fully saturated rings. The van der Waals surface area contributed by atoms with Gasteiger partial charge in [-0.25, -0.2) is 27.3 Å².